The minimum atomic E-state index is -0.606. The summed E-state index contributed by atoms with van der Waals surface area (Å²) in [6, 6.07) is -0.203. The summed E-state index contributed by atoms with van der Waals surface area (Å²) in [5, 5.41) is 3.06. The van der Waals surface area contributed by atoms with Gasteiger partial charge in [-0.2, -0.15) is 0 Å². The monoisotopic (exact) mass is 182 g/mol. The number of carbonyl (C=O) groups excluding carboxylic acids is 1. The molecule has 0 atom stereocenters. The Balaban J connectivity index is 2.79. The van der Waals surface area contributed by atoms with Gasteiger partial charge in [0.1, 0.15) is 6.26 Å². The quantitative estimate of drug-likeness (QED) is 0.307. The molecule has 0 saturated carbocycles. The average Bonchev–Trinajstić information content (AvgIpc) is 2.54. The van der Waals surface area contributed by atoms with Crippen molar-refractivity contribution >= 4 is 12.0 Å². The molecule has 7 heteroatoms. The van der Waals surface area contributed by atoms with Gasteiger partial charge >= 0.3 is 5.97 Å². The number of oxazole rings is 1. The highest BCUT2D eigenvalue weighted by Crippen LogP contribution is 2.11. The Labute approximate surface area is 72.9 Å². The lowest BCUT2D eigenvalue weighted by atomic mass is 10.5. The molecule has 0 aliphatic heterocycles. The number of ether oxygens (including phenoxy) is 1. The van der Waals surface area contributed by atoms with Crippen LogP contribution >= 0.6 is 0 Å². The Morgan fingerprint density at radius 2 is 2.69 bits per heavy atom. The van der Waals surface area contributed by atoms with E-state index in [-0.39, 0.29) is 18.3 Å². The second kappa shape index (κ2) is 4.13. The van der Waals surface area contributed by atoms with Gasteiger partial charge in [0.15, 0.2) is 5.69 Å². The summed E-state index contributed by atoms with van der Waals surface area (Å²) in [7, 11) is 0. The number of esters is 1. The highest BCUT2D eigenvalue weighted by Gasteiger charge is 2.11. The summed E-state index contributed by atoms with van der Waals surface area (Å²) in [5.74, 6) is -0.606. The van der Waals surface area contributed by atoms with Crippen LogP contribution in [0, 0.1) is 0 Å². The zero-order valence-corrected chi connectivity index (χ0v) is 6.80. The van der Waals surface area contributed by atoms with E-state index in [1.165, 1.54) is 0 Å². The molecule has 0 aromatic carbocycles. The molecular weight excluding hydrogens is 176 g/mol. The Morgan fingerprint density at radius 3 is 3.31 bits per heavy atom. The Hall–Kier alpha value is -2.01. The first-order valence-corrected chi connectivity index (χ1v) is 3.45. The third kappa shape index (κ3) is 2.21. The van der Waals surface area contributed by atoms with Crippen LogP contribution in [-0.4, -0.2) is 17.6 Å². The smallest absolute Gasteiger partial charge is 0.360 e. The van der Waals surface area contributed by atoms with Crippen LogP contribution in [0.25, 0.3) is 10.4 Å². The molecule has 1 heterocycles. The number of hydrogen-bond acceptors (Lipinski definition) is 5. The SMILES string of the molecule is CCOC(=O)c1coc(N=[N+]=[N-])n1. The highest BCUT2D eigenvalue weighted by atomic mass is 16.5. The van der Waals surface area contributed by atoms with Gasteiger partial charge in [0.05, 0.1) is 6.61 Å². The maximum Gasteiger partial charge on any atom is 0.360 e. The number of nitrogens with zero attached hydrogens (tertiary/aromatic N) is 4. The molecule has 0 spiro atoms. The lowest BCUT2D eigenvalue weighted by molar-refractivity contribution is 0.0519. The van der Waals surface area contributed by atoms with E-state index in [9.17, 15) is 4.79 Å². The predicted octanol–water partition coefficient (Wildman–Crippen LogP) is 1.79. The molecule has 0 aliphatic carbocycles. The number of carbonyl (C=O) groups is 1. The van der Waals surface area contributed by atoms with E-state index >= 15 is 0 Å². The largest absolute Gasteiger partial charge is 0.461 e. The molecule has 0 bridgehead atoms. The Morgan fingerprint density at radius 1 is 1.92 bits per heavy atom. The molecule has 0 amide bonds. The number of hydrogen-bond donors (Lipinski definition) is 0. The van der Waals surface area contributed by atoms with Crippen molar-refractivity contribution in [1.82, 2.24) is 4.98 Å². The van der Waals surface area contributed by atoms with Crippen molar-refractivity contribution in [3.05, 3.63) is 22.4 Å². The maximum atomic E-state index is 11.0. The molecule has 13 heavy (non-hydrogen) atoms. The summed E-state index contributed by atoms with van der Waals surface area (Å²) in [6.45, 7) is 1.93. The molecule has 0 radical (unpaired) electrons. The van der Waals surface area contributed by atoms with Crippen LogP contribution in [0.2, 0.25) is 0 Å². The van der Waals surface area contributed by atoms with Crippen LogP contribution in [0.15, 0.2) is 15.8 Å². The van der Waals surface area contributed by atoms with Gasteiger partial charge in [-0.15, -0.1) is 0 Å². The zero-order chi connectivity index (χ0) is 9.68. The van der Waals surface area contributed by atoms with E-state index in [1.807, 2.05) is 0 Å². The minimum absolute atomic E-state index is 0.00995. The molecule has 0 unspecified atom stereocenters. The van der Waals surface area contributed by atoms with E-state index in [4.69, 9.17) is 5.53 Å². The number of azide groups is 1. The summed E-state index contributed by atoms with van der Waals surface area (Å²) >= 11 is 0. The van der Waals surface area contributed by atoms with Crippen LogP contribution in [0.5, 0.6) is 0 Å². The first-order valence-electron chi connectivity index (χ1n) is 3.45. The molecule has 1 rings (SSSR count). The topological polar surface area (TPSA) is 101 Å². The second-order valence-corrected chi connectivity index (χ2v) is 1.93. The fourth-order valence-electron chi connectivity index (χ4n) is 0.647. The van der Waals surface area contributed by atoms with Crippen molar-refractivity contribution in [2.24, 2.45) is 5.11 Å². The standard InChI is InChI=1S/C6H6N4O3/c1-2-12-5(11)4-3-13-6(8-4)9-10-7/h3H,2H2,1H3. The normalized spacial score (nSPS) is 9.00. The van der Waals surface area contributed by atoms with Crippen molar-refractivity contribution in [2.45, 2.75) is 6.92 Å². The van der Waals surface area contributed by atoms with Crippen LogP contribution in [0.4, 0.5) is 6.01 Å². The summed E-state index contributed by atoms with van der Waals surface area (Å²) < 4.78 is 9.26. The lowest BCUT2D eigenvalue weighted by Gasteiger charge is -1.94. The molecule has 7 nitrogen and oxygen atoms in total. The Kier molecular flexibility index (Phi) is 2.88. The van der Waals surface area contributed by atoms with Crippen LogP contribution in [0.1, 0.15) is 17.4 Å². The van der Waals surface area contributed by atoms with E-state index < -0.39 is 5.97 Å². The van der Waals surface area contributed by atoms with Gasteiger partial charge in [-0.05, 0) is 17.6 Å². The van der Waals surface area contributed by atoms with Gasteiger partial charge in [-0.25, -0.2) is 9.78 Å². The second-order valence-electron chi connectivity index (χ2n) is 1.93. The van der Waals surface area contributed by atoms with Crippen LogP contribution in [0.3, 0.4) is 0 Å². The van der Waals surface area contributed by atoms with Gasteiger partial charge in [0, 0.05) is 4.91 Å². The van der Waals surface area contributed by atoms with Gasteiger partial charge in [0.2, 0.25) is 0 Å². The molecular formula is C6H6N4O3. The first kappa shape index (κ1) is 9.08. The molecule has 0 saturated heterocycles. The third-order valence-corrected chi connectivity index (χ3v) is 1.11. The molecule has 1 aromatic rings. The van der Waals surface area contributed by atoms with Crippen LogP contribution in [-0.2, 0) is 4.74 Å². The summed E-state index contributed by atoms with van der Waals surface area (Å²) in [6.07, 6.45) is 1.07. The maximum absolute atomic E-state index is 11.0. The highest BCUT2D eigenvalue weighted by molar-refractivity contribution is 5.87. The number of aromatic nitrogens is 1. The minimum Gasteiger partial charge on any atom is -0.461 e. The number of rotatable bonds is 3. The van der Waals surface area contributed by atoms with Crippen LogP contribution < -0.4 is 0 Å². The first-order chi connectivity index (χ1) is 6.27. The van der Waals surface area contributed by atoms with E-state index in [2.05, 4.69) is 24.2 Å². The average molecular weight is 182 g/mol. The summed E-state index contributed by atoms with van der Waals surface area (Å²) in [5.41, 5.74) is 8.00. The molecule has 0 N–H and O–H groups in total. The summed E-state index contributed by atoms with van der Waals surface area (Å²) in [4.78, 5) is 17.0. The molecule has 0 aliphatic rings. The van der Waals surface area contributed by atoms with Crippen molar-refractivity contribution in [2.75, 3.05) is 6.61 Å². The van der Waals surface area contributed by atoms with E-state index in [0.717, 1.165) is 6.26 Å². The van der Waals surface area contributed by atoms with E-state index in [0.29, 0.717) is 0 Å². The predicted molar refractivity (Wildman–Crippen MR) is 41.3 cm³/mol. The van der Waals surface area contributed by atoms with Crippen molar-refractivity contribution in [3.8, 4) is 0 Å². The molecule has 0 fully saturated rings. The zero-order valence-electron chi connectivity index (χ0n) is 6.80. The third-order valence-electron chi connectivity index (χ3n) is 1.11. The lowest BCUT2D eigenvalue weighted by Crippen LogP contribution is -2.04. The van der Waals surface area contributed by atoms with Gasteiger partial charge in [0.25, 0.3) is 6.01 Å². The van der Waals surface area contributed by atoms with Crippen molar-refractivity contribution in [1.29, 1.82) is 0 Å². The van der Waals surface area contributed by atoms with E-state index in [1.54, 1.807) is 6.92 Å². The molecule has 68 valence electrons. The van der Waals surface area contributed by atoms with Gasteiger partial charge in [-0.3, -0.25) is 0 Å². The fourth-order valence-corrected chi connectivity index (χ4v) is 0.647. The molecule has 1 aromatic heterocycles. The fraction of sp³-hybridized carbons (Fsp3) is 0.333. The van der Waals surface area contributed by atoms with Gasteiger partial charge in [-0.1, -0.05) is 0 Å². The Bertz CT molecular complexity index is 353. The van der Waals surface area contributed by atoms with Gasteiger partial charge < -0.3 is 9.15 Å². The van der Waals surface area contributed by atoms with Crippen molar-refractivity contribution < 1.29 is 13.9 Å². The van der Waals surface area contributed by atoms with Crippen molar-refractivity contribution in [3.63, 3.8) is 0 Å².